The molecule has 1 aliphatic heterocycles. The number of amides is 1. The van der Waals surface area contributed by atoms with Gasteiger partial charge in [0.1, 0.15) is 6.54 Å². The molecule has 2 heterocycles. The molecule has 5 rings (SSSR count). The fourth-order valence-corrected chi connectivity index (χ4v) is 3.84. The first-order valence-corrected chi connectivity index (χ1v) is 10.3. The molecule has 1 aromatic heterocycles. The third kappa shape index (κ3) is 3.58. The van der Waals surface area contributed by atoms with Crippen LogP contribution in [0, 0.1) is 13.8 Å². The Morgan fingerprint density at radius 3 is 2.62 bits per heavy atom. The largest absolute Gasteiger partial charge is 0.454 e. The van der Waals surface area contributed by atoms with Crippen LogP contribution in [0.1, 0.15) is 11.1 Å². The Labute approximate surface area is 184 Å². The second-order valence-corrected chi connectivity index (χ2v) is 7.79. The molecule has 1 N–H and O–H groups in total. The summed E-state index contributed by atoms with van der Waals surface area (Å²) in [5, 5.41) is 8.70. The van der Waals surface area contributed by atoms with Crippen LogP contribution in [-0.4, -0.2) is 22.5 Å². The van der Waals surface area contributed by atoms with Gasteiger partial charge in [0.05, 0.1) is 11.1 Å². The minimum atomic E-state index is -0.360. The lowest BCUT2D eigenvalue weighted by Crippen LogP contribution is -2.30. The van der Waals surface area contributed by atoms with Gasteiger partial charge in [-0.15, -0.1) is 0 Å². The van der Waals surface area contributed by atoms with Crippen molar-refractivity contribution < 1.29 is 14.3 Å². The first-order valence-electron chi connectivity index (χ1n) is 10.3. The van der Waals surface area contributed by atoms with Crippen molar-refractivity contribution in [3.63, 3.8) is 0 Å². The summed E-state index contributed by atoms with van der Waals surface area (Å²) in [6.45, 7) is 3.97. The van der Waals surface area contributed by atoms with Crippen molar-refractivity contribution in [1.29, 1.82) is 0 Å². The molecular formula is C25H21N3O4. The quantitative estimate of drug-likeness (QED) is 0.531. The SMILES string of the molecule is Cc1ccc(C)c(-c2nn(CC(=O)Nc3ccc4c(c3)OCO4)c(=O)c3ccccc23)c1. The second-order valence-electron chi connectivity index (χ2n) is 7.79. The zero-order chi connectivity index (χ0) is 22.2. The molecule has 0 saturated heterocycles. The van der Waals surface area contributed by atoms with E-state index < -0.39 is 0 Å². The Kier molecular flexibility index (Phi) is 4.86. The molecule has 7 nitrogen and oxygen atoms in total. The number of carbonyl (C=O) groups excluding carboxylic acids is 1. The van der Waals surface area contributed by atoms with Gasteiger partial charge in [-0.05, 0) is 43.7 Å². The van der Waals surface area contributed by atoms with E-state index in [1.54, 1.807) is 24.3 Å². The number of anilines is 1. The summed E-state index contributed by atoms with van der Waals surface area (Å²) in [6, 6.07) is 18.6. The van der Waals surface area contributed by atoms with E-state index in [2.05, 4.69) is 10.4 Å². The Bertz CT molecular complexity index is 1420. The van der Waals surface area contributed by atoms with E-state index in [-0.39, 0.29) is 24.8 Å². The molecule has 0 radical (unpaired) electrons. The van der Waals surface area contributed by atoms with E-state index >= 15 is 0 Å². The normalized spacial score (nSPS) is 12.2. The highest BCUT2D eigenvalue weighted by molar-refractivity contribution is 5.95. The highest BCUT2D eigenvalue weighted by atomic mass is 16.7. The van der Waals surface area contributed by atoms with E-state index in [1.807, 2.05) is 50.2 Å². The van der Waals surface area contributed by atoms with Gasteiger partial charge in [-0.3, -0.25) is 9.59 Å². The number of aryl methyl sites for hydroxylation is 2. The number of rotatable bonds is 4. The molecule has 7 heteroatoms. The standard InChI is InChI=1S/C25H21N3O4/c1-15-7-8-16(2)20(11-15)24-18-5-3-4-6-19(18)25(30)28(27-24)13-23(29)26-17-9-10-21-22(12-17)32-14-31-21/h3-12H,13-14H2,1-2H3,(H,26,29). The van der Waals surface area contributed by atoms with Crippen molar-refractivity contribution in [3.8, 4) is 22.8 Å². The fraction of sp³-hybridized carbons (Fsp3) is 0.160. The molecule has 0 fully saturated rings. The second kappa shape index (κ2) is 7.85. The number of fused-ring (bicyclic) bond motifs is 2. The average Bonchev–Trinajstić information content (AvgIpc) is 3.25. The lowest BCUT2D eigenvalue weighted by atomic mass is 9.99. The molecule has 3 aromatic carbocycles. The van der Waals surface area contributed by atoms with Crippen LogP contribution in [0.3, 0.4) is 0 Å². The molecule has 1 amide bonds. The van der Waals surface area contributed by atoms with Crippen LogP contribution >= 0.6 is 0 Å². The van der Waals surface area contributed by atoms with E-state index in [0.717, 1.165) is 22.1 Å². The molecule has 0 bridgehead atoms. The van der Waals surface area contributed by atoms with Gasteiger partial charge in [-0.1, -0.05) is 35.9 Å². The lowest BCUT2D eigenvalue weighted by Gasteiger charge is -2.13. The van der Waals surface area contributed by atoms with E-state index in [1.165, 1.54) is 4.68 Å². The van der Waals surface area contributed by atoms with Gasteiger partial charge in [0.2, 0.25) is 12.7 Å². The van der Waals surface area contributed by atoms with Crippen molar-refractivity contribution in [2.45, 2.75) is 20.4 Å². The Balaban J connectivity index is 1.53. The first kappa shape index (κ1) is 19.8. The minimum absolute atomic E-state index is 0.157. The Hall–Kier alpha value is -4.13. The maximum atomic E-state index is 13.1. The summed E-state index contributed by atoms with van der Waals surface area (Å²) in [5.74, 6) is 0.843. The predicted octanol–water partition coefficient (Wildman–Crippen LogP) is 4.05. The van der Waals surface area contributed by atoms with Gasteiger partial charge in [0, 0.05) is 22.7 Å². The van der Waals surface area contributed by atoms with Crippen LogP contribution < -0.4 is 20.3 Å². The van der Waals surface area contributed by atoms with Gasteiger partial charge in [-0.25, -0.2) is 4.68 Å². The lowest BCUT2D eigenvalue weighted by molar-refractivity contribution is -0.117. The summed E-state index contributed by atoms with van der Waals surface area (Å²) in [4.78, 5) is 25.8. The number of benzene rings is 3. The molecule has 0 unspecified atom stereocenters. The number of hydrogen-bond acceptors (Lipinski definition) is 5. The topological polar surface area (TPSA) is 82.5 Å². The highest BCUT2D eigenvalue weighted by Crippen LogP contribution is 2.34. The third-order valence-corrected chi connectivity index (χ3v) is 5.47. The van der Waals surface area contributed by atoms with Crippen LogP contribution in [-0.2, 0) is 11.3 Å². The van der Waals surface area contributed by atoms with Gasteiger partial charge in [-0.2, -0.15) is 5.10 Å². The molecule has 32 heavy (non-hydrogen) atoms. The van der Waals surface area contributed by atoms with Crippen LogP contribution in [0.5, 0.6) is 11.5 Å². The smallest absolute Gasteiger partial charge is 0.275 e. The molecule has 0 saturated carbocycles. The van der Waals surface area contributed by atoms with E-state index in [9.17, 15) is 9.59 Å². The first-order chi connectivity index (χ1) is 15.5. The van der Waals surface area contributed by atoms with Gasteiger partial charge >= 0.3 is 0 Å². The summed E-state index contributed by atoms with van der Waals surface area (Å²) >= 11 is 0. The molecular weight excluding hydrogens is 406 g/mol. The van der Waals surface area contributed by atoms with Crippen molar-refractivity contribution in [3.05, 3.63) is 82.1 Å². The predicted molar refractivity (Wildman–Crippen MR) is 122 cm³/mol. The van der Waals surface area contributed by atoms with E-state index in [0.29, 0.717) is 28.3 Å². The van der Waals surface area contributed by atoms with Crippen LogP contribution in [0.25, 0.3) is 22.0 Å². The van der Waals surface area contributed by atoms with Crippen molar-refractivity contribution in [1.82, 2.24) is 9.78 Å². The minimum Gasteiger partial charge on any atom is -0.454 e. The highest BCUT2D eigenvalue weighted by Gasteiger charge is 2.17. The molecule has 1 aliphatic rings. The maximum absolute atomic E-state index is 13.1. The Morgan fingerprint density at radius 2 is 1.78 bits per heavy atom. The number of aromatic nitrogens is 2. The number of nitrogens with zero attached hydrogens (tertiary/aromatic N) is 2. The van der Waals surface area contributed by atoms with Gasteiger partial charge < -0.3 is 14.8 Å². The summed E-state index contributed by atoms with van der Waals surface area (Å²) in [5.41, 5.74) is 4.00. The molecule has 0 atom stereocenters. The summed E-state index contributed by atoms with van der Waals surface area (Å²) < 4.78 is 11.9. The summed E-state index contributed by atoms with van der Waals surface area (Å²) in [7, 11) is 0. The zero-order valence-electron chi connectivity index (χ0n) is 17.7. The van der Waals surface area contributed by atoms with Gasteiger partial charge in [0.15, 0.2) is 11.5 Å². The van der Waals surface area contributed by atoms with Crippen LogP contribution in [0.2, 0.25) is 0 Å². The van der Waals surface area contributed by atoms with Crippen molar-refractivity contribution in [2.75, 3.05) is 12.1 Å². The number of nitrogens with one attached hydrogen (secondary N) is 1. The summed E-state index contributed by atoms with van der Waals surface area (Å²) in [6.07, 6.45) is 0. The third-order valence-electron chi connectivity index (χ3n) is 5.47. The van der Waals surface area contributed by atoms with Crippen LogP contribution in [0.15, 0.2) is 65.5 Å². The Morgan fingerprint density at radius 1 is 1.00 bits per heavy atom. The number of ether oxygens (including phenoxy) is 2. The monoisotopic (exact) mass is 427 g/mol. The molecule has 0 spiro atoms. The van der Waals surface area contributed by atoms with Crippen molar-refractivity contribution >= 4 is 22.4 Å². The van der Waals surface area contributed by atoms with Crippen molar-refractivity contribution in [2.24, 2.45) is 0 Å². The number of carbonyl (C=O) groups is 1. The molecule has 4 aromatic rings. The number of hydrogen-bond donors (Lipinski definition) is 1. The average molecular weight is 427 g/mol. The van der Waals surface area contributed by atoms with E-state index in [4.69, 9.17) is 9.47 Å². The van der Waals surface area contributed by atoms with Crippen LogP contribution in [0.4, 0.5) is 5.69 Å². The molecule has 0 aliphatic carbocycles. The fourth-order valence-electron chi connectivity index (χ4n) is 3.84. The van der Waals surface area contributed by atoms with Gasteiger partial charge in [0.25, 0.3) is 5.56 Å². The zero-order valence-corrected chi connectivity index (χ0v) is 17.7. The maximum Gasteiger partial charge on any atom is 0.275 e. The molecule has 160 valence electrons.